The molecule has 47 heavy (non-hydrogen) atoms. The molecule has 6 nitrogen and oxygen atoms in total. The molecule has 3 spiro atoms. The number of rotatable bonds is 5. The van der Waals surface area contributed by atoms with Gasteiger partial charge in [0, 0.05) is 33.9 Å². The number of allylic oxidation sites excluding steroid dienone is 4. The molecule has 0 aromatic heterocycles. The number of ketones is 1. The van der Waals surface area contributed by atoms with Crippen molar-refractivity contribution in [2.45, 2.75) is 104 Å². The third-order valence-electron chi connectivity index (χ3n) is 16.7. The zero-order valence-corrected chi connectivity index (χ0v) is 29.0. The Morgan fingerprint density at radius 2 is 1.68 bits per heavy atom. The van der Waals surface area contributed by atoms with E-state index in [0.29, 0.717) is 41.7 Å². The lowest BCUT2D eigenvalue weighted by Crippen LogP contribution is -2.67. The highest BCUT2D eigenvalue weighted by Gasteiger charge is 2.76. The predicted molar refractivity (Wildman–Crippen MR) is 180 cm³/mol. The molecule has 1 aliphatic heterocycles. The molecule has 1 heterocycles. The molecule has 1 aromatic rings. The van der Waals surface area contributed by atoms with Crippen LogP contribution in [0.3, 0.4) is 0 Å². The van der Waals surface area contributed by atoms with Crippen molar-refractivity contribution >= 4 is 11.9 Å². The van der Waals surface area contributed by atoms with Gasteiger partial charge in [0.2, 0.25) is 0 Å². The van der Waals surface area contributed by atoms with E-state index in [0.717, 1.165) is 62.3 Å². The summed E-state index contributed by atoms with van der Waals surface area (Å²) in [6.45, 7) is 11.2. The quantitative estimate of drug-likeness (QED) is 0.261. The lowest BCUT2D eigenvalue weighted by Gasteiger charge is -2.71. The largest absolute Gasteiger partial charge is 0.497 e. The summed E-state index contributed by atoms with van der Waals surface area (Å²) < 4.78 is 12.1. The van der Waals surface area contributed by atoms with Gasteiger partial charge < -0.3 is 19.5 Å². The first-order valence-electron chi connectivity index (χ1n) is 18.6. The van der Waals surface area contributed by atoms with Crippen molar-refractivity contribution in [3.05, 3.63) is 53.6 Å². The molecule has 11 rings (SSSR count). The molecule has 6 heteroatoms. The SMILES string of the molecule is COc1ccc(C(=O)C2=CC34C=CC25C(CCC2(C)C5CCC25CN(CC2CCC6CC2C6(C)C)C(=O)O5)C3(C)CCC(O)C4)cc1. The Morgan fingerprint density at radius 3 is 2.40 bits per heavy atom. The Hall–Kier alpha value is -2.60. The summed E-state index contributed by atoms with van der Waals surface area (Å²) in [5.74, 6) is 3.43. The van der Waals surface area contributed by atoms with Crippen LogP contribution in [0.1, 0.15) is 102 Å². The minimum Gasteiger partial charge on any atom is -0.497 e. The molecule has 4 bridgehead atoms. The summed E-state index contributed by atoms with van der Waals surface area (Å²) in [5, 5.41) is 11.0. The number of aliphatic hydroxyl groups excluding tert-OH is 1. The number of nitrogens with zero attached hydrogens (tertiary/aromatic N) is 1. The number of aliphatic hydroxyl groups is 1. The monoisotopic (exact) mass is 639 g/mol. The molecule has 11 atom stereocenters. The van der Waals surface area contributed by atoms with Crippen LogP contribution in [0.25, 0.3) is 0 Å². The zero-order chi connectivity index (χ0) is 32.8. The molecule has 0 radical (unpaired) electrons. The second-order valence-electron chi connectivity index (χ2n) is 18.3. The number of carbonyl (C=O) groups is 2. The Labute approximate surface area is 280 Å². The normalized spacial score (nSPS) is 48.3. The van der Waals surface area contributed by atoms with Crippen LogP contribution in [0.2, 0.25) is 0 Å². The van der Waals surface area contributed by atoms with Gasteiger partial charge in [-0.05, 0) is 129 Å². The predicted octanol–water partition coefficient (Wildman–Crippen LogP) is 8.00. The standard InChI is InChI=1S/C41H53NO5/c1-36(2)27-9-6-26(30(36)20-27)23-42-24-40(47-35(42)45)17-14-33-38(40,4)16-13-32-37(3)15-12-28(43)21-39(37)18-19-41(32,33)31(22-39)34(44)25-7-10-29(46-5)11-8-25/h7-8,10-11,18-19,22,26-28,30,32-33,43H,6,9,12-17,20-21,23-24H2,1-5H3. The number of hydrogen-bond acceptors (Lipinski definition) is 5. The fourth-order valence-electron chi connectivity index (χ4n) is 13.9. The molecule has 9 aliphatic carbocycles. The third kappa shape index (κ3) is 3.62. The Kier molecular flexibility index (Phi) is 6.19. The van der Waals surface area contributed by atoms with E-state index in [9.17, 15) is 14.7 Å². The summed E-state index contributed by atoms with van der Waals surface area (Å²) in [6.07, 6.45) is 16.7. The number of hydrogen-bond donors (Lipinski definition) is 1. The van der Waals surface area contributed by atoms with Gasteiger partial charge >= 0.3 is 6.09 Å². The van der Waals surface area contributed by atoms with E-state index in [1.54, 1.807) is 7.11 Å². The molecule has 1 amide bonds. The van der Waals surface area contributed by atoms with Gasteiger partial charge in [-0.1, -0.05) is 45.9 Å². The highest BCUT2D eigenvalue weighted by Crippen LogP contribution is 2.79. The molecule has 10 aliphatic rings. The molecule has 11 unspecified atom stereocenters. The average molecular weight is 640 g/mol. The topological polar surface area (TPSA) is 76.1 Å². The molecule has 1 saturated heterocycles. The summed E-state index contributed by atoms with van der Waals surface area (Å²) in [6, 6.07) is 7.56. The summed E-state index contributed by atoms with van der Waals surface area (Å²) in [5.41, 5.74) is 0.428. The van der Waals surface area contributed by atoms with E-state index in [-0.39, 0.29) is 40.1 Å². The maximum Gasteiger partial charge on any atom is 0.410 e. The van der Waals surface area contributed by atoms with Gasteiger partial charge in [0.1, 0.15) is 11.4 Å². The van der Waals surface area contributed by atoms with E-state index >= 15 is 0 Å². The molecule has 252 valence electrons. The smallest absolute Gasteiger partial charge is 0.410 e. The first-order valence-corrected chi connectivity index (χ1v) is 18.6. The van der Waals surface area contributed by atoms with Crippen molar-refractivity contribution in [1.82, 2.24) is 4.90 Å². The zero-order valence-electron chi connectivity index (χ0n) is 29.0. The minimum absolute atomic E-state index is 0.0332. The number of ether oxygens (including phenoxy) is 2. The Balaban J connectivity index is 1.09. The number of benzene rings is 1. The number of carbonyl (C=O) groups excluding carboxylic acids is 2. The van der Waals surface area contributed by atoms with Crippen molar-refractivity contribution < 1.29 is 24.2 Å². The van der Waals surface area contributed by atoms with Crippen molar-refractivity contribution in [3.63, 3.8) is 0 Å². The second-order valence-corrected chi connectivity index (χ2v) is 18.3. The van der Waals surface area contributed by atoms with Gasteiger partial charge in [-0.25, -0.2) is 4.79 Å². The number of Topliss-reactive ketones (excluding diaryl/α,β-unsaturated/α-hetero) is 1. The summed E-state index contributed by atoms with van der Waals surface area (Å²) in [4.78, 5) is 30.7. The van der Waals surface area contributed by atoms with Crippen LogP contribution in [0, 0.1) is 56.7 Å². The maximum atomic E-state index is 14.8. The van der Waals surface area contributed by atoms with Gasteiger partial charge in [-0.3, -0.25) is 4.79 Å². The first-order chi connectivity index (χ1) is 22.3. The van der Waals surface area contributed by atoms with Crippen LogP contribution in [-0.4, -0.2) is 53.8 Å². The molecular formula is C41H53NO5. The van der Waals surface area contributed by atoms with Crippen molar-refractivity contribution in [2.75, 3.05) is 20.2 Å². The van der Waals surface area contributed by atoms with Crippen LogP contribution in [-0.2, 0) is 4.74 Å². The van der Waals surface area contributed by atoms with Crippen LogP contribution in [0.15, 0.2) is 48.1 Å². The fourth-order valence-corrected chi connectivity index (χ4v) is 13.9. The van der Waals surface area contributed by atoms with E-state index < -0.39 is 11.0 Å². The lowest BCUT2D eigenvalue weighted by molar-refractivity contribution is -0.164. The molecule has 7 fully saturated rings. The summed E-state index contributed by atoms with van der Waals surface area (Å²) >= 11 is 0. The molecule has 1 N–H and O–H groups in total. The van der Waals surface area contributed by atoms with Gasteiger partial charge in [-0.15, -0.1) is 0 Å². The molecule has 1 aromatic carbocycles. The van der Waals surface area contributed by atoms with Gasteiger partial charge in [0.25, 0.3) is 0 Å². The van der Waals surface area contributed by atoms with Crippen LogP contribution < -0.4 is 4.74 Å². The lowest BCUT2D eigenvalue weighted by atomic mass is 9.32. The second kappa shape index (κ2) is 9.55. The Morgan fingerprint density at radius 1 is 0.957 bits per heavy atom. The van der Waals surface area contributed by atoms with E-state index in [4.69, 9.17) is 9.47 Å². The van der Waals surface area contributed by atoms with Gasteiger partial charge in [0.15, 0.2) is 5.78 Å². The first kappa shape index (κ1) is 30.5. The van der Waals surface area contributed by atoms with Crippen molar-refractivity contribution in [3.8, 4) is 5.75 Å². The highest BCUT2D eigenvalue weighted by molar-refractivity contribution is 6.10. The number of methoxy groups -OCH3 is 1. The number of fused-ring (bicyclic) bond motifs is 4. The molecular weight excluding hydrogens is 586 g/mol. The average Bonchev–Trinajstić information content (AvgIpc) is 3.54. The van der Waals surface area contributed by atoms with Crippen molar-refractivity contribution in [1.29, 1.82) is 0 Å². The molecule has 6 saturated carbocycles. The number of amides is 1. The summed E-state index contributed by atoms with van der Waals surface area (Å²) in [7, 11) is 1.65. The van der Waals surface area contributed by atoms with Crippen LogP contribution in [0.4, 0.5) is 4.79 Å². The highest BCUT2D eigenvalue weighted by atomic mass is 16.6. The van der Waals surface area contributed by atoms with E-state index in [1.165, 1.54) is 19.3 Å². The van der Waals surface area contributed by atoms with Gasteiger partial charge in [-0.2, -0.15) is 0 Å². The van der Waals surface area contributed by atoms with E-state index in [2.05, 4.69) is 50.8 Å². The van der Waals surface area contributed by atoms with Crippen LogP contribution >= 0.6 is 0 Å². The van der Waals surface area contributed by atoms with Gasteiger partial charge in [0.05, 0.1) is 19.8 Å². The Bertz CT molecular complexity index is 1590. The fraction of sp³-hybridized carbons (Fsp3) is 0.707. The maximum absolute atomic E-state index is 14.8. The third-order valence-corrected chi connectivity index (χ3v) is 16.7. The van der Waals surface area contributed by atoms with Crippen molar-refractivity contribution in [2.24, 2.45) is 56.7 Å². The van der Waals surface area contributed by atoms with E-state index in [1.807, 2.05) is 24.3 Å². The van der Waals surface area contributed by atoms with Crippen LogP contribution in [0.5, 0.6) is 5.75 Å². The minimum atomic E-state index is -0.529.